The van der Waals surface area contributed by atoms with Crippen LogP contribution in [0.2, 0.25) is 0 Å². The van der Waals surface area contributed by atoms with Gasteiger partial charge in [-0.1, -0.05) is 6.08 Å². The minimum atomic E-state index is -0.0188. The second-order valence-electron chi connectivity index (χ2n) is 4.17. The highest BCUT2D eigenvalue weighted by atomic mass is 16.1. The minimum Gasteiger partial charge on any atom is -0.385 e. The van der Waals surface area contributed by atoms with Crippen LogP contribution >= 0.6 is 0 Å². The average molecular weight is 221 g/mol. The van der Waals surface area contributed by atoms with Crippen LogP contribution in [0.5, 0.6) is 0 Å². The summed E-state index contributed by atoms with van der Waals surface area (Å²) in [6.45, 7) is 5.56. The largest absolute Gasteiger partial charge is 0.385 e. The normalized spacial score (nSPS) is 13.9. The summed E-state index contributed by atoms with van der Waals surface area (Å²) in [7, 11) is 0. The van der Waals surface area contributed by atoms with Gasteiger partial charge in [0, 0.05) is 23.4 Å². The van der Waals surface area contributed by atoms with Crippen LogP contribution in [-0.2, 0) is 0 Å². The number of nitrogens with one attached hydrogen (secondary N) is 1. The standard InChI is InChI=1S/C12H19N3O/c1-7(4-5-8(2)13)10-6-15-12(14)9(3)11(10)16/h4,6,8H,5,13H2,1-3H3,(H3,14,15,16). The Morgan fingerprint density at radius 2 is 2.25 bits per heavy atom. The van der Waals surface area contributed by atoms with Crippen LogP contribution in [0.4, 0.5) is 5.82 Å². The Bertz CT molecular complexity index is 458. The van der Waals surface area contributed by atoms with E-state index in [4.69, 9.17) is 11.5 Å². The molecule has 1 aromatic rings. The van der Waals surface area contributed by atoms with E-state index in [1.54, 1.807) is 13.1 Å². The number of aromatic amines is 1. The first-order chi connectivity index (χ1) is 7.43. The zero-order valence-corrected chi connectivity index (χ0v) is 10.0. The third kappa shape index (κ3) is 2.73. The first-order valence-electron chi connectivity index (χ1n) is 5.34. The highest BCUT2D eigenvalue weighted by Gasteiger charge is 2.06. The molecule has 1 aromatic heterocycles. The number of allylic oxidation sites excluding steroid dienone is 1. The summed E-state index contributed by atoms with van der Waals surface area (Å²) in [6.07, 6.45) is 4.39. The second kappa shape index (κ2) is 4.99. The van der Waals surface area contributed by atoms with Crippen molar-refractivity contribution < 1.29 is 0 Å². The molecule has 1 atom stereocenters. The minimum absolute atomic E-state index is 0.0188. The van der Waals surface area contributed by atoms with Gasteiger partial charge in [-0.05, 0) is 32.8 Å². The predicted molar refractivity (Wildman–Crippen MR) is 68.1 cm³/mol. The van der Waals surface area contributed by atoms with Crippen molar-refractivity contribution in [2.24, 2.45) is 5.73 Å². The first kappa shape index (κ1) is 12.5. The maximum absolute atomic E-state index is 11.9. The van der Waals surface area contributed by atoms with Gasteiger partial charge in [0.2, 0.25) is 0 Å². The molecule has 1 unspecified atom stereocenters. The van der Waals surface area contributed by atoms with Crippen LogP contribution in [0, 0.1) is 6.92 Å². The molecule has 0 saturated carbocycles. The van der Waals surface area contributed by atoms with Gasteiger partial charge in [-0.25, -0.2) is 0 Å². The van der Waals surface area contributed by atoms with Gasteiger partial charge in [0.15, 0.2) is 5.43 Å². The van der Waals surface area contributed by atoms with E-state index in [1.165, 1.54) is 0 Å². The molecule has 0 aromatic carbocycles. The molecule has 0 bridgehead atoms. The van der Waals surface area contributed by atoms with E-state index in [0.29, 0.717) is 16.9 Å². The third-order valence-corrected chi connectivity index (χ3v) is 2.58. The van der Waals surface area contributed by atoms with E-state index in [1.807, 2.05) is 19.9 Å². The highest BCUT2D eigenvalue weighted by Crippen LogP contribution is 2.12. The molecule has 0 spiro atoms. The number of rotatable bonds is 3. The van der Waals surface area contributed by atoms with Crippen molar-refractivity contribution in [2.75, 3.05) is 5.73 Å². The summed E-state index contributed by atoms with van der Waals surface area (Å²) < 4.78 is 0. The molecule has 0 saturated heterocycles. The Hall–Kier alpha value is -1.55. The van der Waals surface area contributed by atoms with Crippen molar-refractivity contribution in [1.29, 1.82) is 0 Å². The summed E-state index contributed by atoms with van der Waals surface area (Å²) in [5.41, 5.74) is 13.4. The van der Waals surface area contributed by atoms with Crippen molar-refractivity contribution in [1.82, 2.24) is 4.98 Å². The molecule has 0 aliphatic rings. The van der Waals surface area contributed by atoms with Gasteiger partial charge in [0.05, 0.1) is 0 Å². The van der Waals surface area contributed by atoms with Gasteiger partial charge >= 0.3 is 0 Å². The fourth-order valence-electron chi connectivity index (χ4n) is 1.41. The Kier molecular flexibility index (Phi) is 3.90. The van der Waals surface area contributed by atoms with Gasteiger partial charge in [-0.3, -0.25) is 4.79 Å². The Morgan fingerprint density at radius 3 is 2.81 bits per heavy atom. The number of nitrogens with two attached hydrogens (primary N) is 2. The van der Waals surface area contributed by atoms with E-state index in [0.717, 1.165) is 12.0 Å². The molecule has 0 amide bonds. The van der Waals surface area contributed by atoms with Crippen LogP contribution in [0.15, 0.2) is 17.1 Å². The molecule has 0 aliphatic heterocycles. The number of anilines is 1. The lowest BCUT2D eigenvalue weighted by Crippen LogP contribution is -2.15. The second-order valence-corrected chi connectivity index (χ2v) is 4.17. The van der Waals surface area contributed by atoms with Crippen molar-refractivity contribution in [3.05, 3.63) is 33.6 Å². The van der Waals surface area contributed by atoms with E-state index in [9.17, 15) is 4.79 Å². The van der Waals surface area contributed by atoms with E-state index >= 15 is 0 Å². The molecule has 5 N–H and O–H groups in total. The maximum Gasteiger partial charge on any atom is 0.194 e. The van der Waals surface area contributed by atoms with Crippen molar-refractivity contribution in [3.63, 3.8) is 0 Å². The van der Waals surface area contributed by atoms with Gasteiger partial charge in [0.1, 0.15) is 5.82 Å². The van der Waals surface area contributed by atoms with Gasteiger partial charge in [-0.15, -0.1) is 0 Å². The van der Waals surface area contributed by atoms with Gasteiger partial charge in [-0.2, -0.15) is 0 Å². The highest BCUT2D eigenvalue weighted by molar-refractivity contribution is 5.64. The van der Waals surface area contributed by atoms with Crippen molar-refractivity contribution in [3.8, 4) is 0 Å². The van der Waals surface area contributed by atoms with E-state index in [2.05, 4.69) is 4.98 Å². The van der Waals surface area contributed by atoms with Crippen LogP contribution in [0.25, 0.3) is 5.57 Å². The van der Waals surface area contributed by atoms with Crippen molar-refractivity contribution >= 4 is 11.4 Å². The van der Waals surface area contributed by atoms with E-state index < -0.39 is 0 Å². The fourth-order valence-corrected chi connectivity index (χ4v) is 1.41. The average Bonchev–Trinajstić information content (AvgIpc) is 2.23. The fraction of sp³-hybridized carbons (Fsp3) is 0.417. The topological polar surface area (TPSA) is 84.9 Å². The number of pyridine rings is 1. The summed E-state index contributed by atoms with van der Waals surface area (Å²) in [5, 5.41) is 0. The first-order valence-corrected chi connectivity index (χ1v) is 5.34. The summed E-state index contributed by atoms with van der Waals surface area (Å²) in [4.78, 5) is 14.8. The number of H-pyrrole nitrogens is 1. The monoisotopic (exact) mass is 221 g/mol. The lowest BCUT2D eigenvalue weighted by Gasteiger charge is -2.06. The lowest BCUT2D eigenvalue weighted by atomic mass is 10.0. The Morgan fingerprint density at radius 1 is 1.62 bits per heavy atom. The molecule has 1 rings (SSSR count). The molecule has 1 heterocycles. The van der Waals surface area contributed by atoms with Crippen LogP contribution in [0.1, 0.15) is 31.4 Å². The van der Waals surface area contributed by atoms with Crippen LogP contribution in [0.3, 0.4) is 0 Å². The van der Waals surface area contributed by atoms with Crippen molar-refractivity contribution in [2.45, 2.75) is 33.2 Å². The Labute approximate surface area is 95.4 Å². The number of hydrogen-bond acceptors (Lipinski definition) is 3. The molecule has 0 aliphatic carbocycles. The molecule has 16 heavy (non-hydrogen) atoms. The Balaban J connectivity index is 3.10. The zero-order valence-electron chi connectivity index (χ0n) is 10.0. The van der Waals surface area contributed by atoms with Gasteiger partial charge < -0.3 is 16.5 Å². The smallest absolute Gasteiger partial charge is 0.194 e. The number of aromatic nitrogens is 1. The molecule has 88 valence electrons. The molecule has 4 heteroatoms. The molecule has 4 nitrogen and oxygen atoms in total. The SMILES string of the molecule is CC(=CCC(C)N)c1c[nH]c(N)c(C)c1=O. The lowest BCUT2D eigenvalue weighted by molar-refractivity contribution is 0.757. The summed E-state index contributed by atoms with van der Waals surface area (Å²) in [6, 6.07) is 0.101. The number of nitrogen functional groups attached to an aromatic ring is 1. The van der Waals surface area contributed by atoms with E-state index in [-0.39, 0.29) is 11.5 Å². The quantitative estimate of drug-likeness (QED) is 0.721. The van der Waals surface area contributed by atoms with Crippen LogP contribution in [-0.4, -0.2) is 11.0 Å². The summed E-state index contributed by atoms with van der Waals surface area (Å²) >= 11 is 0. The van der Waals surface area contributed by atoms with Gasteiger partial charge in [0.25, 0.3) is 0 Å². The zero-order chi connectivity index (χ0) is 12.3. The molecular weight excluding hydrogens is 202 g/mol. The number of hydrogen-bond donors (Lipinski definition) is 3. The third-order valence-electron chi connectivity index (χ3n) is 2.58. The summed E-state index contributed by atoms with van der Waals surface area (Å²) in [5.74, 6) is 0.425. The van der Waals surface area contributed by atoms with Crippen LogP contribution < -0.4 is 16.9 Å². The predicted octanol–water partition coefficient (Wildman–Crippen LogP) is 1.41. The molecule has 0 fully saturated rings. The molecular formula is C12H19N3O. The maximum atomic E-state index is 11.9. The molecule has 0 radical (unpaired) electrons.